The molecule has 1 amide bonds. The maximum absolute atomic E-state index is 11.2. The van der Waals surface area contributed by atoms with Crippen LogP contribution in [0.5, 0.6) is 0 Å². The summed E-state index contributed by atoms with van der Waals surface area (Å²) in [6.45, 7) is 3.61. The van der Waals surface area contributed by atoms with Gasteiger partial charge in [0.2, 0.25) is 0 Å². The molecule has 0 spiro atoms. The van der Waals surface area contributed by atoms with Gasteiger partial charge in [-0.1, -0.05) is 0 Å². The zero-order valence-corrected chi connectivity index (χ0v) is 13.6. The topological polar surface area (TPSA) is 61.6 Å². The molecule has 0 bridgehead atoms. The zero-order chi connectivity index (χ0) is 14.8. The van der Waals surface area contributed by atoms with Gasteiger partial charge in [0.05, 0.1) is 16.7 Å². The highest BCUT2D eigenvalue weighted by atomic mass is 79.9. The third-order valence-corrected chi connectivity index (χ3v) is 5.00. The van der Waals surface area contributed by atoms with E-state index in [4.69, 9.17) is 0 Å². The van der Waals surface area contributed by atoms with Gasteiger partial charge in [-0.05, 0) is 41.6 Å². The Labute approximate surface area is 132 Å². The highest BCUT2D eigenvalue weighted by molar-refractivity contribution is 9.10. The first kappa shape index (κ1) is 14.8. The van der Waals surface area contributed by atoms with Crippen molar-refractivity contribution in [2.45, 2.75) is 37.8 Å². The van der Waals surface area contributed by atoms with Gasteiger partial charge in [-0.3, -0.25) is 4.68 Å². The monoisotopic (exact) mass is 356 g/mol. The lowest BCUT2D eigenvalue weighted by atomic mass is 10.0. The van der Waals surface area contributed by atoms with E-state index >= 15 is 0 Å². The Morgan fingerprint density at radius 1 is 1.33 bits per heavy atom. The van der Waals surface area contributed by atoms with E-state index in [1.54, 1.807) is 4.90 Å². The fraction of sp³-hybridized carbons (Fsp3) is 0.714. The van der Waals surface area contributed by atoms with Gasteiger partial charge in [0, 0.05) is 38.4 Å². The number of hydrogen-bond donors (Lipinski definition) is 1. The van der Waals surface area contributed by atoms with Crippen LogP contribution in [0.15, 0.2) is 16.9 Å². The molecule has 2 aliphatic rings. The van der Waals surface area contributed by atoms with Crippen LogP contribution in [0.3, 0.4) is 0 Å². The predicted molar refractivity (Wildman–Crippen MR) is 82.4 cm³/mol. The number of carbonyl (C=O) groups is 1. The zero-order valence-electron chi connectivity index (χ0n) is 12.0. The van der Waals surface area contributed by atoms with Crippen LogP contribution in [-0.4, -0.2) is 63.0 Å². The molecule has 21 heavy (non-hydrogen) atoms. The first-order valence-electron chi connectivity index (χ1n) is 7.55. The van der Waals surface area contributed by atoms with Gasteiger partial charge in [-0.15, -0.1) is 0 Å². The molecule has 1 atom stereocenters. The Morgan fingerprint density at radius 2 is 2.10 bits per heavy atom. The molecule has 1 N–H and O–H groups in total. The molecule has 7 heteroatoms. The van der Waals surface area contributed by atoms with Gasteiger partial charge in [-0.2, -0.15) is 5.10 Å². The van der Waals surface area contributed by atoms with Crippen LogP contribution in [0.4, 0.5) is 4.79 Å². The summed E-state index contributed by atoms with van der Waals surface area (Å²) in [7, 11) is 0. The number of nitrogens with zero attached hydrogens (tertiary/aromatic N) is 4. The number of piperidine rings is 1. The van der Waals surface area contributed by atoms with Crippen LogP contribution in [0, 0.1) is 0 Å². The first-order chi connectivity index (χ1) is 10.1. The van der Waals surface area contributed by atoms with E-state index in [1.807, 2.05) is 17.1 Å². The SMILES string of the molecule is O=C(O)N1CCC[C@H]1CN1CCC(n2cc(Br)cn2)CC1. The molecular weight excluding hydrogens is 336 g/mol. The summed E-state index contributed by atoms with van der Waals surface area (Å²) in [5.41, 5.74) is 0. The van der Waals surface area contributed by atoms with Crippen LogP contribution < -0.4 is 0 Å². The molecule has 1 aromatic heterocycles. The Kier molecular flexibility index (Phi) is 4.49. The van der Waals surface area contributed by atoms with Crippen molar-refractivity contribution >= 4 is 22.0 Å². The Balaban J connectivity index is 1.51. The molecule has 0 radical (unpaired) electrons. The van der Waals surface area contributed by atoms with E-state index in [2.05, 4.69) is 25.9 Å². The summed E-state index contributed by atoms with van der Waals surface area (Å²) in [5, 5.41) is 13.6. The minimum atomic E-state index is -0.770. The number of amides is 1. The maximum atomic E-state index is 11.2. The van der Waals surface area contributed by atoms with Crippen molar-refractivity contribution < 1.29 is 9.90 Å². The molecule has 2 fully saturated rings. The lowest BCUT2D eigenvalue weighted by Gasteiger charge is -2.35. The highest BCUT2D eigenvalue weighted by Gasteiger charge is 2.31. The molecule has 0 aromatic carbocycles. The van der Waals surface area contributed by atoms with Crippen LogP contribution in [0.1, 0.15) is 31.7 Å². The molecule has 1 aromatic rings. The van der Waals surface area contributed by atoms with E-state index in [-0.39, 0.29) is 6.04 Å². The van der Waals surface area contributed by atoms with Crippen LogP contribution in [-0.2, 0) is 0 Å². The van der Waals surface area contributed by atoms with Crippen molar-refractivity contribution in [2.75, 3.05) is 26.2 Å². The Morgan fingerprint density at radius 3 is 2.71 bits per heavy atom. The van der Waals surface area contributed by atoms with Crippen LogP contribution in [0.2, 0.25) is 0 Å². The molecule has 3 heterocycles. The number of likely N-dealkylation sites (tertiary alicyclic amines) is 2. The summed E-state index contributed by atoms with van der Waals surface area (Å²) in [6, 6.07) is 0.643. The van der Waals surface area contributed by atoms with Gasteiger partial charge < -0.3 is 14.9 Å². The smallest absolute Gasteiger partial charge is 0.407 e. The quantitative estimate of drug-likeness (QED) is 0.903. The molecule has 0 unspecified atom stereocenters. The standard InChI is InChI=1S/C14H21BrN4O2/c15-11-8-16-19(9-11)12-3-6-17(7-4-12)10-13-2-1-5-18(13)14(20)21/h8-9,12-13H,1-7,10H2,(H,20,21)/t13-/m0/s1. The van der Waals surface area contributed by atoms with Crippen molar-refractivity contribution in [3.63, 3.8) is 0 Å². The Hall–Kier alpha value is -1.08. The molecule has 6 nitrogen and oxygen atoms in total. The van der Waals surface area contributed by atoms with E-state index in [0.717, 1.165) is 49.8 Å². The van der Waals surface area contributed by atoms with Crippen molar-refractivity contribution in [3.05, 3.63) is 16.9 Å². The maximum Gasteiger partial charge on any atom is 0.407 e. The Bertz CT molecular complexity index is 499. The van der Waals surface area contributed by atoms with Gasteiger partial charge in [-0.25, -0.2) is 4.79 Å². The summed E-state index contributed by atoms with van der Waals surface area (Å²) in [6.07, 6.45) is 7.24. The van der Waals surface area contributed by atoms with Crippen molar-refractivity contribution in [2.24, 2.45) is 0 Å². The van der Waals surface area contributed by atoms with E-state index in [9.17, 15) is 9.90 Å². The molecule has 0 saturated carbocycles. The van der Waals surface area contributed by atoms with Crippen molar-refractivity contribution in [3.8, 4) is 0 Å². The number of halogens is 1. The van der Waals surface area contributed by atoms with E-state index in [1.165, 1.54) is 0 Å². The van der Waals surface area contributed by atoms with E-state index < -0.39 is 6.09 Å². The number of carboxylic acid groups (broad SMARTS) is 1. The lowest BCUT2D eigenvalue weighted by molar-refractivity contribution is 0.111. The highest BCUT2D eigenvalue weighted by Crippen LogP contribution is 2.25. The fourth-order valence-electron chi connectivity index (χ4n) is 3.46. The summed E-state index contributed by atoms with van der Waals surface area (Å²) in [4.78, 5) is 15.2. The van der Waals surface area contributed by atoms with Gasteiger partial charge in [0.1, 0.15) is 0 Å². The van der Waals surface area contributed by atoms with Gasteiger partial charge in [0.25, 0.3) is 0 Å². The van der Waals surface area contributed by atoms with Crippen molar-refractivity contribution in [1.82, 2.24) is 19.6 Å². The number of hydrogen-bond acceptors (Lipinski definition) is 3. The summed E-state index contributed by atoms with van der Waals surface area (Å²) >= 11 is 3.43. The second-order valence-electron chi connectivity index (χ2n) is 5.94. The van der Waals surface area contributed by atoms with Crippen molar-refractivity contribution in [1.29, 1.82) is 0 Å². The first-order valence-corrected chi connectivity index (χ1v) is 8.34. The molecule has 3 rings (SSSR count). The lowest BCUT2D eigenvalue weighted by Crippen LogP contribution is -2.45. The largest absolute Gasteiger partial charge is 0.465 e. The minimum absolute atomic E-state index is 0.179. The predicted octanol–water partition coefficient (Wildman–Crippen LogP) is 2.42. The summed E-state index contributed by atoms with van der Waals surface area (Å²) in [5.74, 6) is 0. The van der Waals surface area contributed by atoms with Crippen LogP contribution >= 0.6 is 15.9 Å². The second-order valence-corrected chi connectivity index (χ2v) is 6.86. The normalized spacial score (nSPS) is 24.6. The van der Waals surface area contributed by atoms with Crippen LogP contribution in [0.25, 0.3) is 0 Å². The molecule has 0 aliphatic carbocycles. The molecule has 2 saturated heterocycles. The third-order valence-electron chi connectivity index (χ3n) is 4.59. The van der Waals surface area contributed by atoms with Gasteiger partial charge >= 0.3 is 6.09 Å². The summed E-state index contributed by atoms with van der Waals surface area (Å²) < 4.78 is 3.06. The third kappa shape index (κ3) is 3.40. The average Bonchev–Trinajstić information content (AvgIpc) is 3.09. The minimum Gasteiger partial charge on any atom is -0.465 e. The average molecular weight is 357 g/mol. The number of aromatic nitrogens is 2. The fourth-order valence-corrected chi connectivity index (χ4v) is 3.76. The molecular formula is C14H21BrN4O2. The number of rotatable bonds is 3. The molecule has 2 aliphatic heterocycles. The van der Waals surface area contributed by atoms with E-state index in [0.29, 0.717) is 12.6 Å². The van der Waals surface area contributed by atoms with Gasteiger partial charge in [0.15, 0.2) is 0 Å². The molecule has 116 valence electrons. The second kappa shape index (κ2) is 6.36.